The van der Waals surface area contributed by atoms with Gasteiger partial charge >= 0.3 is 11.9 Å². The highest BCUT2D eigenvalue weighted by Crippen LogP contribution is 2.19. The molecule has 0 aromatic rings. The summed E-state index contributed by atoms with van der Waals surface area (Å²) in [7, 11) is 0. The van der Waals surface area contributed by atoms with E-state index in [1.165, 1.54) is 96.3 Å². The number of rotatable bonds is 42. The number of hydrogen-bond acceptors (Lipinski definition) is 6. The van der Waals surface area contributed by atoms with Crippen LogP contribution in [0, 0.1) is 0 Å². The fraction of sp³-hybridized carbons (Fsp3) is 0.792. The zero-order chi connectivity index (χ0) is 41.9. The predicted octanol–water partition coefficient (Wildman–Crippen LogP) is 11.8. The monoisotopic (exact) mass is 803 g/mol. The second kappa shape index (κ2) is 42.7. The van der Waals surface area contributed by atoms with Gasteiger partial charge in [0.1, 0.15) is 12.1 Å². The minimum absolute atomic E-state index is 0.0206. The molecule has 0 aliphatic heterocycles. The van der Waals surface area contributed by atoms with E-state index in [4.69, 9.17) is 14.9 Å². The number of nitrogens with one attached hydrogen (secondary N) is 2. The van der Waals surface area contributed by atoms with Crippen LogP contribution in [0.5, 0.6) is 0 Å². The summed E-state index contributed by atoms with van der Waals surface area (Å²) in [5.41, 5.74) is 0. The summed E-state index contributed by atoms with van der Waals surface area (Å²) in [4.78, 5) is 47.7. The van der Waals surface area contributed by atoms with Crippen LogP contribution in [0.3, 0.4) is 0 Å². The first-order valence-electron chi connectivity index (χ1n) is 23.4. The van der Waals surface area contributed by atoms with E-state index in [1.807, 2.05) is 0 Å². The molecule has 4 N–H and O–H groups in total. The minimum Gasteiger partial charge on any atom is -0.480 e. The van der Waals surface area contributed by atoms with Gasteiger partial charge < -0.3 is 25.6 Å². The van der Waals surface area contributed by atoms with E-state index in [2.05, 4.69) is 60.9 Å². The van der Waals surface area contributed by atoms with Gasteiger partial charge in [0.05, 0.1) is 13.2 Å². The van der Waals surface area contributed by atoms with Crippen molar-refractivity contribution in [1.29, 1.82) is 0 Å². The Labute approximate surface area is 348 Å². The summed E-state index contributed by atoms with van der Waals surface area (Å²) < 4.78 is 6.04. The molecule has 0 saturated heterocycles. The third kappa shape index (κ3) is 39.7. The number of carboxylic acids is 1. The maximum atomic E-state index is 12.8. The van der Waals surface area contributed by atoms with Crippen LogP contribution in [0.1, 0.15) is 219 Å². The zero-order valence-electron chi connectivity index (χ0n) is 36.6. The van der Waals surface area contributed by atoms with Gasteiger partial charge in [0.25, 0.3) is 0 Å². The Morgan fingerprint density at radius 2 is 1.00 bits per heavy atom. The fourth-order valence-electron chi connectivity index (χ4n) is 6.85. The topological polar surface area (TPSA) is 142 Å². The molecule has 0 aromatic heterocycles. The van der Waals surface area contributed by atoms with Gasteiger partial charge in [0.2, 0.25) is 11.8 Å². The molecule has 0 radical (unpaired) electrons. The zero-order valence-corrected chi connectivity index (χ0v) is 36.6. The molecule has 2 amide bonds. The highest BCUT2D eigenvalue weighted by molar-refractivity contribution is 5.87. The lowest BCUT2D eigenvalue weighted by molar-refractivity contribution is -0.150. The van der Waals surface area contributed by atoms with Gasteiger partial charge in [-0.15, -0.1) is 0 Å². The van der Waals surface area contributed by atoms with Gasteiger partial charge in [-0.2, -0.15) is 0 Å². The summed E-state index contributed by atoms with van der Waals surface area (Å²) in [6.45, 7) is 3.39. The van der Waals surface area contributed by atoms with Crippen LogP contribution >= 0.6 is 0 Å². The third-order valence-corrected chi connectivity index (χ3v) is 10.4. The normalized spacial score (nSPS) is 12.8. The fourth-order valence-corrected chi connectivity index (χ4v) is 6.85. The number of allylic oxidation sites excluding steroid dienone is 6. The van der Waals surface area contributed by atoms with Gasteiger partial charge in [-0.1, -0.05) is 172 Å². The molecule has 9 heteroatoms. The summed E-state index contributed by atoms with van der Waals surface area (Å²) in [6.07, 6.45) is 48.8. The van der Waals surface area contributed by atoms with Crippen LogP contribution in [0.25, 0.3) is 0 Å². The van der Waals surface area contributed by atoms with Crippen molar-refractivity contribution in [1.82, 2.24) is 10.6 Å². The van der Waals surface area contributed by atoms with E-state index in [9.17, 15) is 19.2 Å². The van der Waals surface area contributed by atoms with Crippen molar-refractivity contribution in [2.75, 3.05) is 13.2 Å². The van der Waals surface area contributed by atoms with E-state index in [-0.39, 0.29) is 24.5 Å². The second-order valence-electron chi connectivity index (χ2n) is 15.8. The second-order valence-corrected chi connectivity index (χ2v) is 15.8. The number of aliphatic carboxylic acids is 1. The number of hydrogen-bond donors (Lipinski definition) is 4. The molecule has 9 nitrogen and oxygen atoms in total. The molecule has 0 bridgehead atoms. The lowest BCUT2D eigenvalue weighted by Gasteiger charge is -2.18. The molecule has 0 aromatic carbocycles. The molecule has 0 aliphatic rings. The molecule has 0 rings (SSSR count). The van der Waals surface area contributed by atoms with Crippen molar-refractivity contribution in [3.8, 4) is 0 Å². The molecule has 0 fully saturated rings. The number of aliphatic hydroxyl groups is 1. The molecule has 0 saturated carbocycles. The largest absolute Gasteiger partial charge is 0.480 e. The van der Waals surface area contributed by atoms with E-state index in [0.717, 1.165) is 89.9 Å². The number of unbranched alkanes of at least 4 members (excludes halogenated alkanes) is 22. The molecule has 0 spiro atoms. The number of ether oxygens (including phenoxy) is 1. The summed E-state index contributed by atoms with van der Waals surface area (Å²) >= 11 is 0. The molecule has 330 valence electrons. The number of amides is 2. The quantitative estimate of drug-likeness (QED) is 0.0273. The molecule has 2 unspecified atom stereocenters. The van der Waals surface area contributed by atoms with E-state index < -0.39 is 24.5 Å². The van der Waals surface area contributed by atoms with Crippen LogP contribution in [-0.2, 0) is 23.9 Å². The van der Waals surface area contributed by atoms with Gasteiger partial charge in [-0.05, 0) is 70.6 Å². The highest BCUT2D eigenvalue weighted by atomic mass is 16.5. The molecule has 2 atom stereocenters. The Morgan fingerprint density at radius 1 is 0.544 bits per heavy atom. The lowest BCUT2D eigenvalue weighted by Crippen LogP contribution is -2.47. The van der Waals surface area contributed by atoms with Crippen LogP contribution in [0.4, 0.5) is 0 Å². The first-order valence-corrected chi connectivity index (χ1v) is 23.4. The molecular weight excluding hydrogens is 717 g/mol. The van der Waals surface area contributed by atoms with Crippen molar-refractivity contribution in [2.45, 2.75) is 231 Å². The van der Waals surface area contributed by atoms with Crippen molar-refractivity contribution in [3.05, 3.63) is 36.5 Å². The van der Waals surface area contributed by atoms with Crippen molar-refractivity contribution >= 4 is 23.8 Å². The average molecular weight is 803 g/mol. The van der Waals surface area contributed by atoms with E-state index in [1.54, 1.807) is 0 Å². The summed E-state index contributed by atoms with van der Waals surface area (Å²) in [6, 6.07) is -1.38. The molecule has 0 aliphatic carbocycles. The summed E-state index contributed by atoms with van der Waals surface area (Å²) in [5.74, 6) is -2.30. The number of carbonyl (C=O) groups is 4. The van der Waals surface area contributed by atoms with Gasteiger partial charge in [-0.3, -0.25) is 14.4 Å². The number of carbonyl (C=O) groups excluding carboxylic acids is 3. The van der Waals surface area contributed by atoms with Crippen LogP contribution in [0.15, 0.2) is 36.5 Å². The first kappa shape index (κ1) is 54.1. The van der Waals surface area contributed by atoms with Crippen molar-refractivity contribution < 1.29 is 34.1 Å². The molecule has 57 heavy (non-hydrogen) atoms. The predicted molar refractivity (Wildman–Crippen MR) is 236 cm³/mol. The van der Waals surface area contributed by atoms with Crippen LogP contribution < -0.4 is 10.6 Å². The average Bonchev–Trinajstić information content (AvgIpc) is 3.20. The Bertz CT molecular complexity index is 1060. The number of aliphatic hydroxyl groups excluding tert-OH is 1. The Kier molecular flexibility index (Phi) is 40.5. The maximum absolute atomic E-state index is 12.8. The highest BCUT2D eigenvalue weighted by Gasteiger charge is 2.19. The first-order chi connectivity index (χ1) is 27.8. The van der Waals surface area contributed by atoms with Gasteiger partial charge in [0, 0.05) is 12.8 Å². The Hall–Kier alpha value is -2.94. The SMILES string of the molecule is CC/C=C\C/C=C\C/C=C\CCCCCCCC(=O)OC(CCCCCCCCCCCCCCCC)CCCCCCCC(=O)NCC(=O)NC(CO)C(=O)O. The van der Waals surface area contributed by atoms with Crippen LogP contribution in [-0.4, -0.2) is 59.3 Å². The van der Waals surface area contributed by atoms with E-state index in [0.29, 0.717) is 19.3 Å². The molecule has 0 heterocycles. The smallest absolute Gasteiger partial charge is 0.328 e. The van der Waals surface area contributed by atoms with Crippen molar-refractivity contribution in [2.24, 2.45) is 0 Å². The van der Waals surface area contributed by atoms with Gasteiger partial charge in [-0.25, -0.2) is 4.79 Å². The third-order valence-electron chi connectivity index (χ3n) is 10.4. The Balaban J connectivity index is 4.34. The molecular formula is C48H86N2O7. The minimum atomic E-state index is -1.38. The standard InChI is InChI=1S/C48H86N2O7/c1-3-5-7-9-11-13-15-17-19-21-23-25-27-32-36-40-47(54)57-43(37-33-29-26-24-22-20-18-16-14-12-10-8-6-4-2)38-34-30-28-31-35-39-45(52)49-41-46(53)50-44(42-51)48(55)56/h5,7,11,13,17,19,43-44,51H,3-4,6,8-10,12,14-16,18,20-42H2,1-2H3,(H,49,52)(H,50,53)(H,55,56)/b7-5-,13-11-,19-17-. The maximum Gasteiger partial charge on any atom is 0.328 e. The lowest BCUT2D eigenvalue weighted by atomic mass is 10.0. The Morgan fingerprint density at radius 3 is 1.51 bits per heavy atom. The van der Waals surface area contributed by atoms with Crippen LogP contribution in [0.2, 0.25) is 0 Å². The number of esters is 1. The number of carboxylic acid groups (broad SMARTS) is 1. The van der Waals surface area contributed by atoms with Crippen molar-refractivity contribution in [3.63, 3.8) is 0 Å². The summed E-state index contributed by atoms with van der Waals surface area (Å²) in [5, 5.41) is 22.6. The van der Waals surface area contributed by atoms with Gasteiger partial charge in [0.15, 0.2) is 0 Å². The van der Waals surface area contributed by atoms with E-state index >= 15 is 0 Å².